The van der Waals surface area contributed by atoms with E-state index in [0.717, 1.165) is 32.3 Å². The summed E-state index contributed by atoms with van der Waals surface area (Å²) >= 11 is 7.99. The molecule has 0 amide bonds. The van der Waals surface area contributed by atoms with E-state index >= 15 is 0 Å². The van der Waals surface area contributed by atoms with Gasteiger partial charge >= 0.3 is 47.8 Å². The SMILES string of the molecule is O=C(O)c1ccc2cc(C(=O)OCCCCOC(=O)c3ccc4cc(C(=O)OCCCCOC(=O)c5ccc6cc(C(=O)O)ccc6c5)ccc4c3)ccc2c1.O=C(OCCS)c1ccc2cc(C(=O)OCCS)ccc2c1. The minimum absolute atomic E-state index is 0.131. The maximum absolute atomic E-state index is 12.7. The van der Waals surface area contributed by atoms with Crippen LogP contribution >= 0.6 is 25.3 Å². The smallest absolute Gasteiger partial charge is 0.338 e. The monoisotopic (exact) mass is 1090 g/mol. The molecule has 0 fully saturated rings. The van der Waals surface area contributed by atoms with Gasteiger partial charge in [-0.15, -0.1) is 0 Å². The molecule has 400 valence electrons. The first-order chi connectivity index (χ1) is 37.7. The van der Waals surface area contributed by atoms with E-state index in [4.69, 9.17) is 38.6 Å². The van der Waals surface area contributed by atoms with Gasteiger partial charge in [-0.05, 0) is 166 Å². The molecule has 8 aromatic rings. The summed E-state index contributed by atoms with van der Waals surface area (Å²) in [6.07, 6.45) is 1.91. The fourth-order valence-electron chi connectivity index (χ4n) is 7.86. The highest BCUT2D eigenvalue weighted by atomic mass is 32.1. The average Bonchev–Trinajstić information content (AvgIpc) is 3.47. The molecule has 0 bridgehead atoms. The van der Waals surface area contributed by atoms with Gasteiger partial charge in [-0.25, -0.2) is 38.4 Å². The third-order valence-electron chi connectivity index (χ3n) is 11.9. The van der Waals surface area contributed by atoms with Crippen LogP contribution in [-0.4, -0.2) is 109 Å². The number of rotatable bonds is 22. The summed E-state index contributed by atoms with van der Waals surface area (Å²) in [6.45, 7) is 1.08. The second-order valence-corrected chi connectivity index (χ2v) is 18.3. The molecule has 0 aliphatic carbocycles. The third-order valence-corrected chi connectivity index (χ3v) is 12.3. The van der Waals surface area contributed by atoms with E-state index in [0.29, 0.717) is 81.3 Å². The van der Waals surface area contributed by atoms with Gasteiger partial charge in [0, 0.05) is 11.5 Å². The predicted octanol–water partition coefficient (Wildman–Crippen LogP) is 11.1. The van der Waals surface area contributed by atoms with Crippen molar-refractivity contribution in [2.45, 2.75) is 25.7 Å². The Labute approximate surface area is 458 Å². The first-order valence-corrected chi connectivity index (χ1v) is 25.8. The largest absolute Gasteiger partial charge is 0.478 e. The average molecular weight is 1090 g/mol. The number of ether oxygens (including phenoxy) is 6. The zero-order chi connectivity index (χ0) is 55.6. The molecular formula is C60H52O16S2. The van der Waals surface area contributed by atoms with Gasteiger partial charge in [-0.2, -0.15) is 25.3 Å². The van der Waals surface area contributed by atoms with Crippen LogP contribution in [-0.2, 0) is 28.4 Å². The van der Waals surface area contributed by atoms with E-state index in [1.165, 1.54) is 24.3 Å². The standard InChI is InChI=1S/C44H36O12.C16H16O4S2/c45-39(46)33-11-5-29-23-35(13-7-27(29)21-33)41(49)53-17-1-3-19-55-43(51)37-15-9-32-26-38(16-10-31(32)25-37)44(52)56-20-4-2-18-54-42(50)36-14-8-28-22-34(40(47)48)12-6-30(28)24-36;17-15(19-5-7-21)13-3-1-11-9-14(4-2-12(11)10-13)16(18)20-6-8-22/h5-16,21-26H,1-4,17-20H2,(H,45,46)(H,47,48);1-4,9-10,21-22H,5-8H2. The van der Waals surface area contributed by atoms with Gasteiger partial charge in [0.05, 0.1) is 70.9 Å². The first-order valence-electron chi connectivity index (χ1n) is 24.6. The lowest BCUT2D eigenvalue weighted by Crippen LogP contribution is -2.10. The van der Waals surface area contributed by atoms with E-state index in [1.807, 2.05) is 0 Å². The Kier molecular flexibility index (Phi) is 20.4. The number of carbonyl (C=O) groups excluding carboxylic acids is 6. The number of fused-ring (bicyclic) bond motifs is 4. The molecule has 0 unspecified atom stereocenters. The molecule has 0 radical (unpaired) electrons. The summed E-state index contributed by atoms with van der Waals surface area (Å²) in [5.74, 6) is -3.87. The predicted molar refractivity (Wildman–Crippen MR) is 298 cm³/mol. The number of carbonyl (C=O) groups is 8. The van der Waals surface area contributed by atoms with Gasteiger partial charge in [-0.3, -0.25) is 0 Å². The number of unbranched alkanes of at least 4 members (excludes halogenated alkanes) is 2. The van der Waals surface area contributed by atoms with Crippen molar-refractivity contribution < 1.29 is 77.0 Å². The summed E-state index contributed by atoms with van der Waals surface area (Å²) in [7, 11) is 0. The highest BCUT2D eigenvalue weighted by Gasteiger charge is 2.16. The van der Waals surface area contributed by atoms with Crippen molar-refractivity contribution >= 4 is 116 Å². The maximum Gasteiger partial charge on any atom is 0.338 e. The number of carboxylic acid groups (broad SMARTS) is 2. The summed E-state index contributed by atoms with van der Waals surface area (Å²) in [5.41, 5.74) is 2.66. The molecule has 0 spiro atoms. The van der Waals surface area contributed by atoms with Crippen LogP contribution in [0.1, 0.15) is 109 Å². The van der Waals surface area contributed by atoms with Gasteiger partial charge in [0.1, 0.15) is 13.2 Å². The Bertz CT molecular complexity index is 3320. The number of thiol groups is 2. The van der Waals surface area contributed by atoms with Crippen LogP contribution in [0.4, 0.5) is 0 Å². The third kappa shape index (κ3) is 15.7. The van der Waals surface area contributed by atoms with Crippen LogP contribution in [0.2, 0.25) is 0 Å². The Hall–Kier alpha value is -8.74. The number of benzene rings is 8. The second kappa shape index (κ2) is 27.9. The molecule has 8 rings (SSSR count). The van der Waals surface area contributed by atoms with Crippen molar-refractivity contribution in [2.24, 2.45) is 0 Å². The summed E-state index contributed by atoms with van der Waals surface area (Å²) in [4.78, 5) is 96.3. The van der Waals surface area contributed by atoms with Crippen molar-refractivity contribution in [2.75, 3.05) is 51.1 Å². The lowest BCUT2D eigenvalue weighted by atomic mass is 10.0. The molecule has 0 heterocycles. The lowest BCUT2D eigenvalue weighted by molar-refractivity contribution is 0.0432. The molecule has 0 aromatic heterocycles. The molecular weight excluding hydrogens is 1040 g/mol. The van der Waals surface area contributed by atoms with Crippen LogP contribution < -0.4 is 0 Å². The Morgan fingerprint density at radius 3 is 0.615 bits per heavy atom. The Morgan fingerprint density at radius 1 is 0.269 bits per heavy atom. The van der Waals surface area contributed by atoms with Gasteiger partial charge in [0.25, 0.3) is 0 Å². The molecule has 8 aromatic carbocycles. The Balaban J connectivity index is 0.000000334. The molecule has 78 heavy (non-hydrogen) atoms. The fraction of sp³-hybridized carbons (Fsp3) is 0.200. The zero-order valence-electron chi connectivity index (χ0n) is 41.8. The minimum atomic E-state index is -1.03. The summed E-state index contributed by atoms with van der Waals surface area (Å²) in [5, 5.41) is 24.3. The van der Waals surface area contributed by atoms with Crippen molar-refractivity contribution in [1.29, 1.82) is 0 Å². The molecule has 2 N–H and O–H groups in total. The molecule has 16 nitrogen and oxygen atoms in total. The topological polar surface area (TPSA) is 232 Å². The second-order valence-electron chi connectivity index (χ2n) is 17.4. The van der Waals surface area contributed by atoms with Crippen molar-refractivity contribution in [3.63, 3.8) is 0 Å². The first kappa shape index (κ1) is 57.0. The highest BCUT2D eigenvalue weighted by Crippen LogP contribution is 2.23. The number of hydrogen-bond donors (Lipinski definition) is 4. The van der Waals surface area contributed by atoms with Crippen LogP contribution in [0.3, 0.4) is 0 Å². The van der Waals surface area contributed by atoms with Crippen LogP contribution in [0.25, 0.3) is 43.1 Å². The molecule has 0 aliphatic heterocycles. The molecule has 0 atom stereocenters. The number of esters is 6. The maximum atomic E-state index is 12.7. The van der Waals surface area contributed by atoms with Crippen LogP contribution in [0.5, 0.6) is 0 Å². The quantitative estimate of drug-likeness (QED) is 0.0214. The van der Waals surface area contributed by atoms with Crippen LogP contribution in [0, 0.1) is 0 Å². The highest BCUT2D eigenvalue weighted by molar-refractivity contribution is 7.80. The van der Waals surface area contributed by atoms with Crippen molar-refractivity contribution in [3.05, 3.63) is 190 Å². The molecule has 0 saturated carbocycles. The number of hydrogen-bond acceptors (Lipinski definition) is 16. The van der Waals surface area contributed by atoms with E-state index in [9.17, 15) is 38.4 Å². The van der Waals surface area contributed by atoms with Crippen molar-refractivity contribution in [3.8, 4) is 0 Å². The van der Waals surface area contributed by atoms with Gasteiger partial charge in [0.2, 0.25) is 0 Å². The van der Waals surface area contributed by atoms with E-state index in [-0.39, 0.29) is 62.7 Å². The van der Waals surface area contributed by atoms with Crippen molar-refractivity contribution in [1.82, 2.24) is 0 Å². The lowest BCUT2D eigenvalue weighted by Gasteiger charge is -2.09. The zero-order valence-corrected chi connectivity index (χ0v) is 43.6. The van der Waals surface area contributed by atoms with E-state index in [2.05, 4.69) is 25.3 Å². The Morgan fingerprint density at radius 2 is 0.436 bits per heavy atom. The normalized spacial score (nSPS) is 10.8. The fourth-order valence-corrected chi connectivity index (χ4v) is 8.04. The summed E-state index contributed by atoms with van der Waals surface area (Å²) < 4.78 is 31.6. The van der Waals surface area contributed by atoms with Gasteiger partial charge in [-0.1, -0.05) is 48.5 Å². The summed E-state index contributed by atoms with van der Waals surface area (Å²) in [6, 6.07) is 39.5. The molecule has 0 saturated heterocycles. The van der Waals surface area contributed by atoms with Crippen LogP contribution in [0.15, 0.2) is 146 Å². The minimum Gasteiger partial charge on any atom is -0.478 e. The number of aromatic carboxylic acids is 2. The van der Waals surface area contributed by atoms with Gasteiger partial charge in [0.15, 0.2) is 0 Å². The van der Waals surface area contributed by atoms with E-state index in [1.54, 1.807) is 121 Å². The number of carboxylic acids is 2. The molecule has 18 heteroatoms. The van der Waals surface area contributed by atoms with Gasteiger partial charge < -0.3 is 38.6 Å². The molecule has 0 aliphatic rings. The van der Waals surface area contributed by atoms with E-state index < -0.39 is 35.8 Å².